The van der Waals surface area contributed by atoms with E-state index in [4.69, 9.17) is 9.47 Å². The van der Waals surface area contributed by atoms with Gasteiger partial charge in [-0.3, -0.25) is 0 Å². The molecule has 18 heavy (non-hydrogen) atoms. The van der Waals surface area contributed by atoms with E-state index in [0.29, 0.717) is 12.5 Å². The van der Waals surface area contributed by atoms with Crippen LogP contribution in [-0.2, 0) is 9.47 Å². The van der Waals surface area contributed by atoms with Crippen LogP contribution in [0.2, 0.25) is 0 Å². The molecule has 3 N–H and O–H groups in total. The minimum Gasteiger partial charge on any atom is -0.388 e. The molecule has 0 amide bonds. The Labute approximate surface area is 109 Å². The van der Waals surface area contributed by atoms with Gasteiger partial charge in [-0.05, 0) is 12.3 Å². The third-order valence-corrected chi connectivity index (χ3v) is 3.49. The molecular weight excluding hydrogens is 236 g/mol. The summed E-state index contributed by atoms with van der Waals surface area (Å²) in [4.78, 5) is 0. The summed E-state index contributed by atoms with van der Waals surface area (Å²) in [6.07, 6.45) is 0.189. The van der Waals surface area contributed by atoms with Gasteiger partial charge < -0.3 is 24.8 Å². The van der Waals surface area contributed by atoms with Crippen molar-refractivity contribution in [3.63, 3.8) is 0 Å². The second-order valence-electron chi connectivity index (χ2n) is 5.00. The summed E-state index contributed by atoms with van der Waals surface area (Å²) < 4.78 is 10.7. The van der Waals surface area contributed by atoms with Crippen molar-refractivity contribution < 1.29 is 24.8 Å². The molecule has 0 aliphatic carbocycles. The first kappa shape index (κ1) is 15.9. The lowest BCUT2D eigenvalue weighted by Crippen LogP contribution is -2.53. The molecule has 0 aromatic carbocycles. The Morgan fingerprint density at radius 2 is 1.94 bits per heavy atom. The van der Waals surface area contributed by atoms with Crippen LogP contribution in [0, 0.1) is 5.92 Å². The zero-order valence-electron chi connectivity index (χ0n) is 11.3. The summed E-state index contributed by atoms with van der Waals surface area (Å²) >= 11 is 0. The van der Waals surface area contributed by atoms with Crippen molar-refractivity contribution in [2.75, 3.05) is 13.2 Å². The molecule has 1 fully saturated rings. The van der Waals surface area contributed by atoms with Crippen LogP contribution in [0.3, 0.4) is 0 Å². The lowest BCUT2D eigenvalue weighted by molar-refractivity contribution is -0.272. The second kappa shape index (κ2) is 8.07. The zero-order chi connectivity index (χ0) is 13.5. The molecule has 1 aliphatic rings. The number of hydrogen-bond donors (Lipinski definition) is 3. The van der Waals surface area contributed by atoms with Gasteiger partial charge in [0.15, 0.2) is 6.29 Å². The van der Waals surface area contributed by atoms with E-state index >= 15 is 0 Å². The summed E-state index contributed by atoms with van der Waals surface area (Å²) in [5.74, 6) is 0.449. The fourth-order valence-corrected chi connectivity index (χ4v) is 2.05. The molecule has 1 rings (SSSR count). The van der Waals surface area contributed by atoms with Crippen LogP contribution in [0.15, 0.2) is 0 Å². The Morgan fingerprint density at radius 1 is 1.22 bits per heavy atom. The van der Waals surface area contributed by atoms with E-state index in [1.165, 1.54) is 0 Å². The van der Waals surface area contributed by atoms with Gasteiger partial charge in [0.05, 0.1) is 13.2 Å². The molecule has 0 aromatic heterocycles. The maximum Gasteiger partial charge on any atom is 0.186 e. The predicted octanol–water partition coefficient (Wildman–Crippen LogP) is 0.658. The first-order chi connectivity index (χ1) is 8.60. The van der Waals surface area contributed by atoms with Gasteiger partial charge >= 0.3 is 0 Å². The van der Waals surface area contributed by atoms with Crippen molar-refractivity contribution in [3.05, 3.63) is 0 Å². The Bertz CT molecular complexity index is 223. The molecule has 0 spiro atoms. The lowest BCUT2D eigenvalue weighted by Gasteiger charge is -2.35. The first-order valence-electron chi connectivity index (χ1n) is 6.87. The van der Waals surface area contributed by atoms with E-state index < -0.39 is 24.6 Å². The number of rotatable bonds is 7. The van der Waals surface area contributed by atoms with Gasteiger partial charge in [0, 0.05) is 0 Å². The SMILES string of the molecule is CCCCC(CC)COC1OCC(O)C(O)C1O. The third kappa shape index (κ3) is 4.48. The van der Waals surface area contributed by atoms with Gasteiger partial charge in [-0.15, -0.1) is 0 Å². The quantitative estimate of drug-likeness (QED) is 0.628. The number of aliphatic hydroxyl groups excluding tert-OH is 3. The van der Waals surface area contributed by atoms with Crippen LogP contribution in [0.1, 0.15) is 39.5 Å². The monoisotopic (exact) mass is 262 g/mol. The highest BCUT2D eigenvalue weighted by Crippen LogP contribution is 2.19. The van der Waals surface area contributed by atoms with Crippen molar-refractivity contribution in [1.29, 1.82) is 0 Å². The number of hydrogen-bond acceptors (Lipinski definition) is 5. The molecule has 5 nitrogen and oxygen atoms in total. The Morgan fingerprint density at radius 3 is 2.56 bits per heavy atom. The topological polar surface area (TPSA) is 79.2 Å². The average Bonchev–Trinajstić information content (AvgIpc) is 2.38. The fraction of sp³-hybridized carbons (Fsp3) is 1.00. The van der Waals surface area contributed by atoms with E-state index in [1.807, 2.05) is 0 Å². The molecule has 1 aliphatic heterocycles. The van der Waals surface area contributed by atoms with Gasteiger partial charge in [-0.25, -0.2) is 0 Å². The number of aliphatic hydroxyl groups is 3. The van der Waals surface area contributed by atoms with Crippen molar-refractivity contribution >= 4 is 0 Å². The van der Waals surface area contributed by atoms with Crippen molar-refractivity contribution in [2.45, 2.75) is 64.1 Å². The normalized spacial score (nSPS) is 34.5. The van der Waals surface area contributed by atoms with Gasteiger partial charge in [-0.2, -0.15) is 0 Å². The highest BCUT2D eigenvalue weighted by molar-refractivity contribution is 4.82. The Kier molecular flexibility index (Phi) is 7.11. The van der Waals surface area contributed by atoms with E-state index in [1.54, 1.807) is 0 Å². The molecule has 5 heteroatoms. The van der Waals surface area contributed by atoms with E-state index in [-0.39, 0.29) is 6.61 Å². The zero-order valence-corrected chi connectivity index (χ0v) is 11.3. The summed E-state index contributed by atoms with van der Waals surface area (Å²) in [6.45, 7) is 4.77. The third-order valence-electron chi connectivity index (χ3n) is 3.49. The number of ether oxygens (including phenoxy) is 2. The van der Waals surface area contributed by atoms with Crippen molar-refractivity contribution in [3.8, 4) is 0 Å². The maximum absolute atomic E-state index is 9.71. The molecular formula is C13H26O5. The average molecular weight is 262 g/mol. The van der Waals surface area contributed by atoms with E-state index in [2.05, 4.69) is 13.8 Å². The first-order valence-corrected chi connectivity index (χ1v) is 6.87. The summed E-state index contributed by atoms with van der Waals surface area (Å²) in [5.41, 5.74) is 0. The minimum absolute atomic E-state index is 0.00531. The molecule has 0 radical (unpaired) electrons. The van der Waals surface area contributed by atoms with Crippen LogP contribution in [0.4, 0.5) is 0 Å². The molecule has 0 aromatic rings. The molecule has 1 heterocycles. The molecule has 5 atom stereocenters. The highest BCUT2D eigenvalue weighted by Gasteiger charge is 2.38. The molecule has 0 bridgehead atoms. The minimum atomic E-state index is -1.19. The summed E-state index contributed by atoms with van der Waals surface area (Å²) in [6, 6.07) is 0. The van der Waals surface area contributed by atoms with Gasteiger partial charge in [0.2, 0.25) is 0 Å². The Hall–Kier alpha value is -0.200. The maximum atomic E-state index is 9.71. The molecule has 0 saturated carbocycles. The van der Waals surface area contributed by atoms with Gasteiger partial charge in [0.25, 0.3) is 0 Å². The van der Waals surface area contributed by atoms with Gasteiger partial charge in [-0.1, -0.05) is 33.1 Å². The van der Waals surface area contributed by atoms with Crippen LogP contribution < -0.4 is 0 Å². The fourth-order valence-electron chi connectivity index (χ4n) is 2.05. The predicted molar refractivity (Wildman–Crippen MR) is 67.0 cm³/mol. The summed E-state index contributed by atoms with van der Waals surface area (Å²) in [5, 5.41) is 28.5. The molecule has 1 saturated heterocycles. The summed E-state index contributed by atoms with van der Waals surface area (Å²) in [7, 11) is 0. The second-order valence-corrected chi connectivity index (χ2v) is 5.00. The molecule has 5 unspecified atom stereocenters. The van der Waals surface area contributed by atoms with Crippen molar-refractivity contribution in [1.82, 2.24) is 0 Å². The standard InChI is InChI=1S/C13H26O5/c1-3-5-6-9(4-2)7-17-13-12(16)11(15)10(14)8-18-13/h9-16H,3-8H2,1-2H3. The highest BCUT2D eigenvalue weighted by atomic mass is 16.7. The van der Waals surface area contributed by atoms with Crippen molar-refractivity contribution in [2.24, 2.45) is 5.92 Å². The Balaban J connectivity index is 2.33. The van der Waals surface area contributed by atoms with E-state index in [9.17, 15) is 15.3 Å². The molecule has 108 valence electrons. The smallest absolute Gasteiger partial charge is 0.186 e. The van der Waals surface area contributed by atoms with E-state index in [0.717, 1.165) is 25.7 Å². The largest absolute Gasteiger partial charge is 0.388 e. The van der Waals surface area contributed by atoms with Gasteiger partial charge in [0.1, 0.15) is 18.3 Å². The lowest BCUT2D eigenvalue weighted by atomic mass is 10.0. The number of unbranched alkanes of at least 4 members (excludes halogenated alkanes) is 1. The van der Waals surface area contributed by atoms with Crippen LogP contribution >= 0.6 is 0 Å². The van der Waals surface area contributed by atoms with Crippen LogP contribution in [0.25, 0.3) is 0 Å². The van der Waals surface area contributed by atoms with Crippen LogP contribution in [-0.4, -0.2) is 53.1 Å². The van der Waals surface area contributed by atoms with Crippen LogP contribution in [0.5, 0.6) is 0 Å².